The summed E-state index contributed by atoms with van der Waals surface area (Å²) in [5.41, 5.74) is 6.84. The zero-order valence-electron chi connectivity index (χ0n) is 13.0. The van der Waals surface area contributed by atoms with E-state index in [1.165, 1.54) is 21.6 Å². The second kappa shape index (κ2) is 7.22. The fraction of sp³-hybridized carbons (Fsp3) is 0.375. The highest BCUT2D eigenvalue weighted by Crippen LogP contribution is 2.11. The van der Waals surface area contributed by atoms with Gasteiger partial charge in [0.1, 0.15) is 0 Å². The number of hydrogen-bond donors (Lipinski definition) is 2. The standard InChI is InChI=1S/C16H22N4S/c1-11-5-6-14(12(2)7-11)8-18-16(17-4)19-9-15-13(3)20-10-21-15/h5-7,10H,8-9H2,1-4H3,(H2,17,18,19). The van der Waals surface area contributed by atoms with Gasteiger partial charge in [-0.3, -0.25) is 4.99 Å². The first-order valence-electron chi connectivity index (χ1n) is 6.99. The predicted molar refractivity (Wildman–Crippen MR) is 89.8 cm³/mol. The monoisotopic (exact) mass is 302 g/mol. The van der Waals surface area contributed by atoms with Gasteiger partial charge in [-0.1, -0.05) is 23.8 Å². The van der Waals surface area contributed by atoms with Crippen molar-refractivity contribution in [2.24, 2.45) is 4.99 Å². The molecule has 112 valence electrons. The molecule has 0 spiro atoms. The van der Waals surface area contributed by atoms with Gasteiger partial charge in [0, 0.05) is 18.5 Å². The molecule has 0 unspecified atom stereocenters. The Balaban J connectivity index is 1.89. The number of nitrogens with zero attached hydrogens (tertiary/aromatic N) is 2. The number of rotatable bonds is 4. The number of benzene rings is 1. The first-order chi connectivity index (χ1) is 10.1. The van der Waals surface area contributed by atoms with Gasteiger partial charge in [0.15, 0.2) is 5.96 Å². The summed E-state index contributed by atoms with van der Waals surface area (Å²) in [6.07, 6.45) is 0. The van der Waals surface area contributed by atoms with Crippen LogP contribution in [0, 0.1) is 20.8 Å². The number of thiazole rings is 1. The van der Waals surface area contributed by atoms with Crippen molar-refractivity contribution in [2.75, 3.05) is 7.05 Å². The van der Waals surface area contributed by atoms with E-state index in [-0.39, 0.29) is 0 Å². The maximum atomic E-state index is 4.26. The molecule has 0 aliphatic heterocycles. The SMILES string of the molecule is CN=C(NCc1ccc(C)cc1C)NCc1scnc1C. The van der Waals surface area contributed by atoms with Gasteiger partial charge in [-0.15, -0.1) is 11.3 Å². The Morgan fingerprint density at radius 2 is 1.95 bits per heavy atom. The average Bonchev–Trinajstić information content (AvgIpc) is 2.86. The maximum absolute atomic E-state index is 4.26. The van der Waals surface area contributed by atoms with E-state index in [2.05, 4.69) is 52.7 Å². The largest absolute Gasteiger partial charge is 0.352 e. The van der Waals surface area contributed by atoms with Crippen molar-refractivity contribution in [1.82, 2.24) is 15.6 Å². The Morgan fingerprint density at radius 1 is 1.19 bits per heavy atom. The first-order valence-corrected chi connectivity index (χ1v) is 7.87. The van der Waals surface area contributed by atoms with Crippen LogP contribution in [0.4, 0.5) is 0 Å². The zero-order valence-corrected chi connectivity index (χ0v) is 13.8. The third kappa shape index (κ3) is 4.29. The summed E-state index contributed by atoms with van der Waals surface area (Å²) < 4.78 is 0. The minimum atomic E-state index is 0.753. The molecule has 2 rings (SSSR count). The molecule has 1 heterocycles. The van der Waals surface area contributed by atoms with Crippen LogP contribution in [0.15, 0.2) is 28.7 Å². The summed E-state index contributed by atoms with van der Waals surface area (Å²) >= 11 is 1.66. The van der Waals surface area contributed by atoms with Crippen LogP contribution < -0.4 is 10.6 Å². The Bertz CT molecular complexity index is 631. The van der Waals surface area contributed by atoms with E-state index < -0.39 is 0 Å². The van der Waals surface area contributed by atoms with E-state index in [0.29, 0.717) is 0 Å². The summed E-state index contributed by atoms with van der Waals surface area (Å²) in [6, 6.07) is 6.51. The van der Waals surface area contributed by atoms with Crippen LogP contribution in [0.2, 0.25) is 0 Å². The molecule has 0 aliphatic carbocycles. The molecular formula is C16H22N4S. The number of aryl methyl sites for hydroxylation is 3. The van der Waals surface area contributed by atoms with Gasteiger partial charge in [0.05, 0.1) is 17.7 Å². The summed E-state index contributed by atoms with van der Waals surface area (Å²) in [5.74, 6) is 0.808. The van der Waals surface area contributed by atoms with Crippen LogP contribution >= 0.6 is 11.3 Å². The van der Waals surface area contributed by atoms with Crippen molar-refractivity contribution in [3.63, 3.8) is 0 Å². The van der Waals surface area contributed by atoms with Crippen molar-refractivity contribution < 1.29 is 0 Å². The molecule has 1 aromatic carbocycles. The summed E-state index contributed by atoms with van der Waals surface area (Å²) in [7, 11) is 1.79. The molecule has 0 saturated carbocycles. The average molecular weight is 302 g/mol. The third-order valence-electron chi connectivity index (χ3n) is 3.43. The minimum absolute atomic E-state index is 0.753. The van der Waals surface area contributed by atoms with Gasteiger partial charge in [0.25, 0.3) is 0 Å². The molecular weight excluding hydrogens is 280 g/mol. The second-order valence-electron chi connectivity index (χ2n) is 5.07. The van der Waals surface area contributed by atoms with Gasteiger partial charge < -0.3 is 10.6 Å². The number of nitrogens with one attached hydrogen (secondary N) is 2. The van der Waals surface area contributed by atoms with E-state index in [0.717, 1.165) is 24.7 Å². The molecule has 0 bridgehead atoms. The molecule has 0 fully saturated rings. The quantitative estimate of drug-likeness (QED) is 0.674. The predicted octanol–water partition coefficient (Wildman–Crippen LogP) is 2.93. The fourth-order valence-electron chi connectivity index (χ4n) is 2.10. The van der Waals surface area contributed by atoms with Crippen molar-refractivity contribution in [3.8, 4) is 0 Å². The molecule has 5 heteroatoms. The van der Waals surface area contributed by atoms with E-state index in [1.54, 1.807) is 18.4 Å². The van der Waals surface area contributed by atoms with E-state index >= 15 is 0 Å². The second-order valence-corrected chi connectivity index (χ2v) is 6.01. The number of hydrogen-bond acceptors (Lipinski definition) is 3. The van der Waals surface area contributed by atoms with E-state index in [9.17, 15) is 0 Å². The summed E-state index contributed by atoms with van der Waals surface area (Å²) in [4.78, 5) is 9.75. The van der Waals surface area contributed by atoms with Crippen LogP contribution in [-0.4, -0.2) is 18.0 Å². The molecule has 0 atom stereocenters. The lowest BCUT2D eigenvalue weighted by Crippen LogP contribution is -2.36. The van der Waals surface area contributed by atoms with Gasteiger partial charge in [-0.2, -0.15) is 0 Å². The maximum Gasteiger partial charge on any atom is 0.191 e. The third-order valence-corrected chi connectivity index (χ3v) is 4.36. The lowest BCUT2D eigenvalue weighted by atomic mass is 10.1. The minimum Gasteiger partial charge on any atom is -0.352 e. The van der Waals surface area contributed by atoms with Crippen molar-refractivity contribution in [1.29, 1.82) is 0 Å². The van der Waals surface area contributed by atoms with Crippen LogP contribution in [0.25, 0.3) is 0 Å². The van der Waals surface area contributed by atoms with Gasteiger partial charge in [-0.05, 0) is 31.9 Å². The van der Waals surface area contributed by atoms with Crippen LogP contribution in [-0.2, 0) is 13.1 Å². The Labute approximate surface area is 130 Å². The van der Waals surface area contributed by atoms with Crippen molar-refractivity contribution in [2.45, 2.75) is 33.9 Å². The summed E-state index contributed by atoms with van der Waals surface area (Å²) in [6.45, 7) is 7.80. The molecule has 4 nitrogen and oxygen atoms in total. The smallest absolute Gasteiger partial charge is 0.191 e. The molecule has 0 saturated heterocycles. The van der Waals surface area contributed by atoms with E-state index in [1.807, 2.05) is 12.4 Å². The fourth-order valence-corrected chi connectivity index (χ4v) is 2.82. The van der Waals surface area contributed by atoms with E-state index in [4.69, 9.17) is 0 Å². The van der Waals surface area contributed by atoms with Crippen LogP contribution in [0.1, 0.15) is 27.3 Å². The highest BCUT2D eigenvalue weighted by atomic mass is 32.1. The molecule has 0 radical (unpaired) electrons. The molecule has 0 amide bonds. The van der Waals surface area contributed by atoms with Crippen LogP contribution in [0.3, 0.4) is 0 Å². The van der Waals surface area contributed by atoms with Crippen molar-refractivity contribution >= 4 is 17.3 Å². The van der Waals surface area contributed by atoms with Gasteiger partial charge in [-0.25, -0.2) is 4.98 Å². The lowest BCUT2D eigenvalue weighted by Gasteiger charge is -2.13. The number of aromatic nitrogens is 1. The highest BCUT2D eigenvalue weighted by Gasteiger charge is 2.04. The van der Waals surface area contributed by atoms with Gasteiger partial charge in [0.2, 0.25) is 0 Å². The molecule has 2 N–H and O–H groups in total. The van der Waals surface area contributed by atoms with Crippen LogP contribution in [0.5, 0.6) is 0 Å². The Kier molecular flexibility index (Phi) is 5.33. The van der Waals surface area contributed by atoms with Gasteiger partial charge >= 0.3 is 0 Å². The molecule has 0 aliphatic rings. The molecule has 1 aromatic heterocycles. The normalized spacial score (nSPS) is 11.5. The molecule has 21 heavy (non-hydrogen) atoms. The van der Waals surface area contributed by atoms with Crippen molar-refractivity contribution in [3.05, 3.63) is 51.0 Å². The number of guanidine groups is 1. The topological polar surface area (TPSA) is 49.3 Å². The lowest BCUT2D eigenvalue weighted by molar-refractivity contribution is 0.808. The number of aliphatic imine (C=N–C) groups is 1. The Morgan fingerprint density at radius 3 is 2.57 bits per heavy atom. The highest BCUT2D eigenvalue weighted by molar-refractivity contribution is 7.09. The Hall–Kier alpha value is -1.88. The molecule has 2 aromatic rings. The summed E-state index contributed by atoms with van der Waals surface area (Å²) in [5, 5.41) is 6.67. The zero-order chi connectivity index (χ0) is 15.2. The first kappa shape index (κ1) is 15.5.